The maximum Gasteiger partial charge on any atom is 0.417 e. The number of halogens is 3. The third-order valence-corrected chi connectivity index (χ3v) is 4.71. The molecule has 0 unspecified atom stereocenters. The van der Waals surface area contributed by atoms with Crippen molar-refractivity contribution in [3.05, 3.63) is 60.0 Å². The highest BCUT2D eigenvalue weighted by Crippen LogP contribution is 2.37. The molecule has 0 fully saturated rings. The highest BCUT2D eigenvalue weighted by molar-refractivity contribution is 5.93. The number of ether oxygens (including phenoxy) is 1. The molecule has 0 aliphatic rings. The maximum absolute atomic E-state index is 13.4. The van der Waals surface area contributed by atoms with E-state index in [1.54, 1.807) is 25.1 Å². The van der Waals surface area contributed by atoms with E-state index in [2.05, 4.69) is 15.3 Å². The van der Waals surface area contributed by atoms with Crippen LogP contribution in [0.15, 0.2) is 47.5 Å². The third kappa shape index (κ3) is 3.83. The number of nitrogens with one attached hydrogen (secondary N) is 1. The van der Waals surface area contributed by atoms with Crippen molar-refractivity contribution >= 4 is 22.8 Å². The van der Waals surface area contributed by atoms with E-state index in [-0.39, 0.29) is 22.8 Å². The van der Waals surface area contributed by atoms with Gasteiger partial charge < -0.3 is 18.9 Å². The second-order valence-corrected chi connectivity index (χ2v) is 6.86. The molecule has 0 aliphatic heterocycles. The molecule has 1 aromatic carbocycles. The van der Waals surface area contributed by atoms with Gasteiger partial charge in [-0.25, -0.2) is 9.97 Å². The standard InChI is InChI=1S/C21H17F3N4O3/c1-11-19(31-10-25-11)15-5-4-14(7-18(15)30-3)26-16-6-13(21(22,23)24)8-28-9-17(12(2)29)27-20(16)28/h4-10,26H,1-3H3. The molecule has 4 aromatic rings. The number of Topliss-reactive ketones (excluding diaryl/α,β-unsaturated/α-hetero) is 1. The number of ketones is 1. The number of pyridine rings is 1. The number of aromatic nitrogens is 3. The van der Waals surface area contributed by atoms with Gasteiger partial charge in [0.2, 0.25) is 0 Å². The Morgan fingerprint density at radius 2 is 2.00 bits per heavy atom. The lowest BCUT2D eigenvalue weighted by Crippen LogP contribution is -2.08. The zero-order valence-corrected chi connectivity index (χ0v) is 16.7. The molecule has 0 amide bonds. The summed E-state index contributed by atoms with van der Waals surface area (Å²) >= 11 is 0. The minimum absolute atomic E-state index is 0.0658. The molecular weight excluding hydrogens is 413 g/mol. The van der Waals surface area contributed by atoms with E-state index in [1.165, 1.54) is 31.0 Å². The van der Waals surface area contributed by atoms with Crippen LogP contribution in [0.4, 0.5) is 24.5 Å². The van der Waals surface area contributed by atoms with Crippen molar-refractivity contribution in [2.45, 2.75) is 20.0 Å². The summed E-state index contributed by atoms with van der Waals surface area (Å²) in [6.45, 7) is 3.09. The summed E-state index contributed by atoms with van der Waals surface area (Å²) in [5.41, 5.74) is 1.25. The summed E-state index contributed by atoms with van der Waals surface area (Å²) in [6.07, 6.45) is -1.08. The minimum atomic E-state index is -4.57. The Balaban J connectivity index is 1.80. The van der Waals surface area contributed by atoms with Crippen molar-refractivity contribution in [3.63, 3.8) is 0 Å². The molecule has 160 valence electrons. The van der Waals surface area contributed by atoms with Crippen LogP contribution in [0.2, 0.25) is 0 Å². The van der Waals surface area contributed by atoms with Gasteiger partial charge in [-0.1, -0.05) is 0 Å². The van der Waals surface area contributed by atoms with Gasteiger partial charge in [-0.15, -0.1) is 0 Å². The van der Waals surface area contributed by atoms with Crippen molar-refractivity contribution in [3.8, 4) is 17.1 Å². The molecule has 0 atom stereocenters. The van der Waals surface area contributed by atoms with E-state index in [0.29, 0.717) is 28.5 Å². The fourth-order valence-corrected chi connectivity index (χ4v) is 3.19. The van der Waals surface area contributed by atoms with Crippen LogP contribution >= 0.6 is 0 Å². The molecule has 4 rings (SSSR count). The van der Waals surface area contributed by atoms with Gasteiger partial charge in [-0.05, 0) is 25.1 Å². The first-order chi connectivity index (χ1) is 14.7. The first kappa shape index (κ1) is 20.5. The molecule has 0 saturated heterocycles. The molecule has 10 heteroatoms. The zero-order valence-electron chi connectivity index (χ0n) is 16.7. The van der Waals surface area contributed by atoms with Crippen LogP contribution < -0.4 is 10.1 Å². The number of hydrogen-bond donors (Lipinski definition) is 1. The summed E-state index contributed by atoms with van der Waals surface area (Å²) in [7, 11) is 1.48. The van der Waals surface area contributed by atoms with Gasteiger partial charge in [0.1, 0.15) is 11.4 Å². The molecular formula is C21H17F3N4O3. The number of rotatable bonds is 5. The predicted molar refractivity (Wildman–Crippen MR) is 107 cm³/mol. The Bertz CT molecular complexity index is 1290. The number of alkyl halides is 3. The van der Waals surface area contributed by atoms with Gasteiger partial charge in [0, 0.05) is 31.1 Å². The van der Waals surface area contributed by atoms with Crippen molar-refractivity contribution in [2.75, 3.05) is 12.4 Å². The van der Waals surface area contributed by atoms with E-state index in [1.807, 2.05) is 0 Å². The number of hydrogen-bond acceptors (Lipinski definition) is 6. The molecule has 3 aromatic heterocycles. The molecule has 0 spiro atoms. The topological polar surface area (TPSA) is 81.7 Å². The molecule has 0 radical (unpaired) electrons. The smallest absolute Gasteiger partial charge is 0.417 e. The van der Waals surface area contributed by atoms with Gasteiger partial charge >= 0.3 is 6.18 Å². The minimum Gasteiger partial charge on any atom is -0.496 e. The number of methoxy groups -OCH3 is 1. The molecule has 3 heterocycles. The second kappa shape index (κ2) is 7.46. The van der Waals surface area contributed by atoms with Crippen LogP contribution in [0.3, 0.4) is 0 Å². The number of carbonyl (C=O) groups is 1. The Morgan fingerprint density at radius 3 is 2.61 bits per heavy atom. The van der Waals surface area contributed by atoms with Crippen LogP contribution in [0.25, 0.3) is 17.0 Å². The van der Waals surface area contributed by atoms with Crippen LogP contribution in [-0.4, -0.2) is 27.3 Å². The number of anilines is 2. The number of oxazole rings is 1. The number of fused-ring (bicyclic) bond motifs is 1. The van der Waals surface area contributed by atoms with E-state index in [9.17, 15) is 18.0 Å². The zero-order chi connectivity index (χ0) is 22.3. The average molecular weight is 430 g/mol. The van der Waals surface area contributed by atoms with Crippen LogP contribution in [-0.2, 0) is 6.18 Å². The Morgan fingerprint density at radius 1 is 1.23 bits per heavy atom. The summed E-state index contributed by atoms with van der Waals surface area (Å²) in [6, 6.07) is 5.97. The van der Waals surface area contributed by atoms with Crippen molar-refractivity contribution in [1.82, 2.24) is 14.4 Å². The van der Waals surface area contributed by atoms with Gasteiger partial charge in [-0.3, -0.25) is 4.79 Å². The molecule has 0 bridgehead atoms. The van der Waals surface area contributed by atoms with Gasteiger partial charge in [0.05, 0.1) is 29.6 Å². The number of benzene rings is 1. The molecule has 31 heavy (non-hydrogen) atoms. The lowest BCUT2D eigenvalue weighted by atomic mass is 10.1. The first-order valence-electron chi connectivity index (χ1n) is 9.14. The number of imidazole rings is 1. The average Bonchev–Trinajstić information content (AvgIpc) is 3.33. The van der Waals surface area contributed by atoms with E-state index < -0.39 is 11.7 Å². The highest BCUT2D eigenvalue weighted by atomic mass is 19.4. The maximum atomic E-state index is 13.4. The van der Waals surface area contributed by atoms with E-state index in [0.717, 1.165) is 12.3 Å². The fourth-order valence-electron chi connectivity index (χ4n) is 3.19. The Kier molecular flexibility index (Phi) is 4.92. The SMILES string of the molecule is COc1cc(Nc2cc(C(F)(F)F)cn3cc(C(C)=O)nc23)ccc1-c1ocnc1C. The summed E-state index contributed by atoms with van der Waals surface area (Å²) in [5, 5.41) is 2.95. The fraction of sp³-hybridized carbons (Fsp3) is 0.190. The highest BCUT2D eigenvalue weighted by Gasteiger charge is 2.32. The molecule has 0 aliphatic carbocycles. The monoisotopic (exact) mass is 430 g/mol. The predicted octanol–water partition coefficient (Wildman–Crippen LogP) is 5.27. The van der Waals surface area contributed by atoms with Gasteiger partial charge in [-0.2, -0.15) is 13.2 Å². The summed E-state index contributed by atoms with van der Waals surface area (Å²) < 4.78 is 52.2. The Labute approximate surface area is 174 Å². The second-order valence-electron chi connectivity index (χ2n) is 6.86. The number of carbonyl (C=O) groups excluding carboxylic acids is 1. The van der Waals surface area contributed by atoms with Crippen LogP contribution in [0.5, 0.6) is 5.75 Å². The first-order valence-corrected chi connectivity index (χ1v) is 9.14. The largest absolute Gasteiger partial charge is 0.496 e. The Hall–Kier alpha value is -3.82. The van der Waals surface area contributed by atoms with Crippen molar-refractivity contribution in [2.24, 2.45) is 0 Å². The van der Waals surface area contributed by atoms with Crippen LogP contribution in [0.1, 0.15) is 28.7 Å². The number of nitrogens with zero attached hydrogens (tertiary/aromatic N) is 3. The molecule has 7 nitrogen and oxygen atoms in total. The molecule has 0 saturated carbocycles. The lowest BCUT2D eigenvalue weighted by molar-refractivity contribution is -0.137. The van der Waals surface area contributed by atoms with Crippen LogP contribution in [0, 0.1) is 6.92 Å². The van der Waals surface area contributed by atoms with Crippen molar-refractivity contribution in [1.29, 1.82) is 0 Å². The van der Waals surface area contributed by atoms with Gasteiger partial charge in [0.25, 0.3) is 0 Å². The third-order valence-electron chi connectivity index (χ3n) is 4.71. The van der Waals surface area contributed by atoms with E-state index >= 15 is 0 Å². The normalized spacial score (nSPS) is 11.7. The molecule has 1 N–H and O–H groups in total. The lowest BCUT2D eigenvalue weighted by Gasteiger charge is -2.14. The van der Waals surface area contributed by atoms with Crippen molar-refractivity contribution < 1.29 is 27.1 Å². The summed E-state index contributed by atoms with van der Waals surface area (Å²) in [5.74, 6) is 0.626. The quantitative estimate of drug-likeness (QED) is 0.435. The summed E-state index contributed by atoms with van der Waals surface area (Å²) in [4.78, 5) is 19.9. The van der Waals surface area contributed by atoms with E-state index in [4.69, 9.17) is 9.15 Å². The van der Waals surface area contributed by atoms with Gasteiger partial charge in [0.15, 0.2) is 23.6 Å². The number of aryl methyl sites for hydroxylation is 1.